The van der Waals surface area contributed by atoms with Crippen molar-refractivity contribution in [2.75, 3.05) is 26.1 Å². The highest BCUT2D eigenvalue weighted by Gasteiger charge is 2.39. The second-order valence-electron chi connectivity index (χ2n) is 4.65. The van der Waals surface area contributed by atoms with E-state index in [1.54, 1.807) is 0 Å². The van der Waals surface area contributed by atoms with Gasteiger partial charge in [0.25, 0.3) is 5.91 Å². The molecule has 142 valence electrons. The molecule has 1 amide bonds. The molecule has 0 saturated heterocycles. The lowest BCUT2D eigenvalue weighted by Crippen LogP contribution is -2.16. The first kappa shape index (κ1) is 19.8. The van der Waals surface area contributed by atoms with E-state index in [2.05, 4.69) is 20.3 Å². The number of hydrogen-bond acceptors (Lipinski definition) is 9. The Labute approximate surface area is 148 Å². The average molecular weight is 394 g/mol. The number of ether oxygens (including phenoxy) is 2. The van der Waals surface area contributed by atoms with E-state index in [0.29, 0.717) is 11.3 Å². The molecule has 2 aromatic rings. The van der Waals surface area contributed by atoms with Crippen LogP contribution in [0.25, 0.3) is 0 Å². The fourth-order valence-electron chi connectivity index (χ4n) is 1.91. The molecule has 0 aliphatic carbocycles. The van der Waals surface area contributed by atoms with Crippen LogP contribution in [0.2, 0.25) is 0 Å². The summed E-state index contributed by atoms with van der Waals surface area (Å²) in [4.78, 5) is 22.5. The summed E-state index contributed by atoms with van der Waals surface area (Å²) in [6.45, 7) is -0.938. The Morgan fingerprint density at radius 1 is 1.31 bits per heavy atom. The summed E-state index contributed by atoms with van der Waals surface area (Å²) in [5, 5.41) is 20.2. The highest BCUT2D eigenvalue weighted by Crippen LogP contribution is 2.39. The summed E-state index contributed by atoms with van der Waals surface area (Å²) in [6, 6.07) is 0. The van der Waals surface area contributed by atoms with Crippen LogP contribution >= 0.6 is 11.3 Å². The Morgan fingerprint density at radius 3 is 2.35 bits per heavy atom. The number of carbonyl (C=O) groups excluding carboxylic acids is 1. The van der Waals surface area contributed by atoms with Crippen LogP contribution in [0.15, 0.2) is 6.33 Å². The Balaban J connectivity index is 2.41. The number of aliphatic hydroxyl groups excluding tert-OH is 2. The number of nitrogens with one attached hydrogen (secondary N) is 1. The van der Waals surface area contributed by atoms with Gasteiger partial charge in [-0.25, -0.2) is 15.0 Å². The molecule has 1 unspecified atom stereocenters. The zero-order chi connectivity index (χ0) is 19.5. The van der Waals surface area contributed by atoms with Gasteiger partial charge in [0.15, 0.2) is 16.4 Å². The topological polar surface area (TPSA) is 127 Å². The maximum atomic E-state index is 13.0. The Morgan fingerprint density at radius 2 is 1.88 bits per heavy atom. The van der Waals surface area contributed by atoms with E-state index >= 15 is 0 Å². The standard InChI is InChI=1S/C13H13F3N4O5S/c1-24-10-6(11(25-2)18-4-17-10)9(23)20-12-19-8(13(14,15)16)7(26-12)5(22)3-21/h4-5,21-22H,3H2,1-2H3,(H,19,20,23). The second kappa shape index (κ2) is 7.80. The molecule has 0 aliphatic rings. The van der Waals surface area contributed by atoms with E-state index in [4.69, 9.17) is 14.6 Å². The van der Waals surface area contributed by atoms with Crippen LogP contribution in [0, 0.1) is 0 Å². The summed E-state index contributed by atoms with van der Waals surface area (Å²) < 4.78 is 49.0. The van der Waals surface area contributed by atoms with Crippen LogP contribution < -0.4 is 14.8 Å². The molecule has 3 N–H and O–H groups in total. The number of aliphatic hydroxyl groups is 2. The zero-order valence-corrected chi connectivity index (χ0v) is 14.2. The van der Waals surface area contributed by atoms with Crippen molar-refractivity contribution in [1.29, 1.82) is 0 Å². The fourth-order valence-corrected chi connectivity index (χ4v) is 2.87. The highest BCUT2D eigenvalue weighted by atomic mass is 32.1. The van der Waals surface area contributed by atoms with E-state index < -0.39 is 40.5 Å². The van der Waals surface area contributed by atoms with Crippen molar-refractivity contribution in [2.24, 2.45) is 0 Å². The summed E-state index contributed by atoms with van der Waals surface area (Å²) in [7, 11) is 2.47. The first-order chi connectivity index (χ1) is 12.2. The van der Waals surface area contributed by atoms with Crippen LogP contribution in [0.3, 0.4) is 0 Å². The number of halogens is 3. The molecule has 2 rings (SSSR count). The molecular weight excluding hydrogens is 381 g/mol. The van der Waals surface area contributed by atoms with Crippen LogP contribution in [-0.2, 0) is 6.18 Å². The summed E-state index contributed by atoms with van der Waals surface area (Å²) in [5.41, 5.74) is -1.65. The van der Waals surface area contributed by atoms with Crippen molar-refractivity contribution in [2.45, 2.75) is 12.3 Å². The van der Waals surface area contributed by atoms with Crippen molar-refractivity contribution in [3.63, 3.8) is 0 Å². The van der Waals surface area contributed by atoms with Crippen molar-refractivity contribution in [3.8, 4) is 11.8 Å². The van der Waals surface area contributed by atoms with Crippen LogP contribution in [0.4, 0.5) is 18.3 Å². The quantitative estimate of drug-likeness (QED) is 0.668. The molecule has 0 spiro atoms. The van der Waals surface area contributed by atoms with Gasteiger partial charge in [0.2, 0.25) is 11.8 Å². The van der Waals surface area contributed by atoms with Gasteiger partial charge in [-0.3, -0.25) is 10.1 Å². The van der Waals surface area contributed by atoms with Gasteiger partial charge in [-0.15, -0.1) is 0 Å². The Kier molecular flexibility index (Phi) is 5.94. The third-order valence-electron chi connectivity index (χ3n) is 3.01. The lowest BCUT2D eigenvalue weighted by Gasteiger charge is -2.09. The molecule has 2 aromatic heterocycles. The number of amides is 1. The number of hydrogen-bond donors (Lipinski definition) is 3. The maximum absolute atomic E-state index is 13.0. The number of nitrogens with zero attached hydrogens (tertiary/aromatic N) is 3. The number of rotatable bonds is 6. The van der Waals surface area contributed by atoms with Gasteiger partial charge in [0, 0.05) is 0 Å². The minimum Gasteiger partial charge on any atom is -0.480 e. The number of aromatic nitrogens is 3. The van der Waals surface area contributed by atoms with Gasteiger partial charge in [0.1, 0.15) is 12.4 Å². The van der Waals surface area contributed by atoms with Crippen LogP contribution in [0.1, 0.15) is 27.0 Å². The molecule has 0 radical (unpaired) electrons. The van der Waals surface area contributed by atoms with Crippen molar-refractivity contribution < 1.29 is 37.7 Å². The van der Waals surface area contributed by atoms with Gasteiger partial charge >= 0.3 is 6.18 Å². The first-order valence-electron chi connectivity index (χ1n) is 6.84. The third kappa shape index (κ3) is 4.00. The average Bonchev–Trinajstić information content (AvgIpc) is 3.04. The predicted molar refractivity (Wildman–Crippen MR) is 82.3 cm³/mol. The number of anilines is 1. The number of alkyl halides is 3. The van der Waals surface area contributed by atoms with Crippen LogP contribution in [0.5, 0.6) is 11.8 Å². The molecule has 26 heavy (non-hydrogen) atoms. The molecule has 0 fully saturated rings. The van der Waals surface area contributed by atoms with E-state index in [1.807, 2.05) is 0 Å². The largest absolute Gasteiger partial charge is 0.480 e. The molecule has 0 aromatic carbocycles. The van der Waals surface area contributed by atoms with Crippen molar-refractivity contribution in [3.05, 3.63) is 22.5 Å². The number of methoxy groups -OCH3 is 2. The minimum absolute atomic E-state index is 0.155. The van der Waals surface area contributed by atoms with E-state index in [9.17, 15) is 23.1 Å². The van der Waals surface area contributed by atoms with Gasteiger partial charge in [-0.1, -0.05) is 11.3 Å². The highest BCUT2D eigenvalue weighted by molar-refractivity contribution is 7.16. The molecule has 0 saturated carbocycles. The lowest BCUT2D eigenvalue weighted by atomic mass is 10.2. The van der Waals surface area contributed by atoms with E-state index in [1.165, 1.54) is 14.2 Å². The molecular formula is C13H13F3N4O5S. The predicted octanol–water partition coefficient (Wildman–Crippen LogP) is 1.25. The van der Waals surface area contributed by atoms with Gasteiger partial charge in [0.05, 0.1) is 25.7 Å². The Bertz CT molecular complexity index is 776. The van der Waals surface area contributed by atoms with Crippen LogP contribution in [-0.4, -0.2) is 51.9 Å². The second-order valence-corrected chi connectivity index (χ2v) is 5.68. The monoisotopic (exact) mass is 394 g/mol. The zero-order valence-electron chi connectivity index (χ0n) is 13.4. The van der Waals surface area contributed by atoms with Gasteiger partial charge in [-0.05, 0) is 0 Å². The third-order valence-corrected chi connectivity index (χ3v) is 4.08. The normalized spacial score (nSPS) is 12.6. The van der Waals surface area contributed by atoms with Crippen molar-refractivity contribution >= 4 is 22.4 Å². The maximum Gasteiger partial charge on any atom is 0.434 e. The molecule has 0 bridgehead atoms. The molecule has 1 atom stereocenters. The van der Waals surface area contributed by atoms with Gasteiger partial charge < -0.3 is 19.7 Å². The summed E-state index contributed by atoms with van der Waals surface area (Å²) >= 11 is 0.373. The number of carbonyl (C=O) groups is 1. The SMILES string of the molecule is COc1ncnc(OC)c1C(=O)Nc1nc(C(F)(F)F)c(C(O)CO)s1. The van der Waals surface area contributed by atoms with E-state index in [-0.39, 0.29) is 17.3 Å². The molecule has 2 heterocycles. The molecule has 13 heteroatoms. The van der Waals surface area contributed by atoms with Crippen molar-refractivity contribution in [1.82, 2.24) is 15.0 Å². The smallest absolute Gasteiger partial charge is 0.434 e. The molecule has 9 nitrogen and oxygen atoms in total. The van der Waals surface area contributed by atoms with Gasteiger partial charge in [-0.2, -0.15) is 13.2 Å². The molecule has 0 aliphatic heterocycles. The fraction of sp³-hybridized carbons (Fsp3) is 0.385. The summed E-state index contributed by atoms with van der Waals surface area (Å²) in [6.07, 6.45) is -5.59. The minimum atomic E-state index is -4.88. The summed E-state index contributed by atoms with van der Waals surface area (Å²) in [5.74, 6) is -1.23. The first-order valence-corrected chi connectivity index (χ1v) is 7.65. The lowest BCUT2D eigenvalue weighted by molar-refractivity contribution is -0.142. The number of thiazole rings is 1. The van der Waals surface area contributed by atoms with E-state index in [0.717, 1.165) is 6.33 Å². The Hall–Kier alpha value is -2.51.